The minimum Gasteiger partial charge on any atom is -0.508 e. The van der Waals surface area contributed by atoms with E-state index < -0.39 is 11.9 Å². The predicted molar refractivity (Wildman–Crippen MR) is 93.0 cm³/mol. The maximum Gasteiger partial charge on any atom is 0.307 e. The maximum absolute atomic E-state index is 11.8. The van der Waals surface area contributed by atoms with Crippen molar-refractivity contribution in [2.45, 2.75) is 18.8 Å². The minimum atomic E-state index is -0.837. The van der Waals surface area contributed by atoms with Gasteiger partial charge < -0.3 is 14.6 Å². The van der Waals surface area contributed by atoms with Gasteiger partial charge in [0.2, 0.25) is 0 Å². The topological polar surface area (TPSA) is 87.7 Å². The molecule has 0 amide bonds. The molecule has 1 aromatic rings. The number of allylic oxidation sites excluding steroid dienone is 2. The van der Waals surface area contributed by atoms with E-state index >= 15 is 0 Å². The first-order chi connectivity index (χ1) is 12.0. The van der Waals surface area contributed by atoms with Gasteiger partial charge in [0.15, 0.2) is 5.43 Å². The van der Waals surface area contributed by atoms with Crippen molar-refractivity contribution in [3.63, 3.8) is 0 Å². The van der Waals surface area contributed by atoms with Gasteiger partial charge >= 0.3 is 5.97 Å². The lowest BCUT2D eigenvalue weighted by atomic mass is 9.75. The molecule has 5 nitrogen and oxygen atoms in total. The van der Waals surface area contributed by atoms with Crippen LogP contribution in [0.3, 0.4) is 0 Å². The molecule has 2 atom stereocenters. The van der Waals surface area contributed by atoms with Gasteiger partial charge in [0.1, 0.15) is 17.1 Å². The van der Waals surface area contributed by atoms with E-state index in [0.717, 1.165) is 16.5 Å². The summed E-state index contributed by atoms with van der Waals surface area (Å²) in [7, 11) is 0. The molecule has 2 aliphatic carbocycles. The van der Waals surface area contributed by atoms with Crippen LogP contribution < -0.4 is 5.43 Å². The van der Waals surface area contributed by atoms with Gasteiger partial charge in [-0.25, -0.2) is 0 Å². The number of fused-ring (bicyclic) bond motifs is 2. The van der Waals surface area contributed by atoms with Crippen LogP contribution >= 0.6 is 0 Å². The zero-order valence-electron chi connectivity index (χ0n) is 13.3. The summed E-state index contributed by atoms with van der Waals surface area (Å²) in [5.74, 6) is -1.15. The molecule has 1 heterocycles. The summed E-state index contributed by atoms with van der Waals surface area (Å²) in [6, 6.07) is 9.35. The van der Waals surface area contributed by atoms with Gasteiger partial charge in [0.25, 0.3) is 0 Å². The quantitative estimate of drug-likeness (QED) is 0.550. The molecular weight excluding hydrogens is 320 g/mol. The molecule has 0 radical (unpaired) electrons. The van der Waals surface area contributed by atoms with E-state index in [4.69, 9.17) is 4.42 Å². The van der Waals surface area contributed by atoms with E-state index in [1.165, 1.54) is 18.2 Å². The Kier molecular flexibility index (Phi) is 3.57. The molecule has 2 N–H and O–H groups in total. The molecule has 0 fully saturated rings. The third kappa shape index (κ3) is 2.58. The van der Waals surface area contributed by atoms with Gasteiger partial charge in [-0.2, -0.15) is 0 Å². The monoisotopic (exact) mass is 336 g/mol. The molecule has 4 rings (SSSR count). The number of hydrogen-bond donors (Lipinski definition) is 2. The van der Waals surface area contributed by atoms with E-state index in [2.05, 4.69) is 0 Å². The number of rotatable bonds is 2. The second-order valence-electron chi connectivity index (χ2n) is 6.35. The Bertz CT molecular complexity index is 1030. The van der Waals surface area contributed by atoms with Gasteiger partial charge in [-0.1, -0.05) is 12.2 Å². The van der Waals surface area contributed by atoms with Crippen LogP contribution in [0.25, 0.3) is 22.3 Å². The standard InChI is InChI=1S/C20H16O5/c21-11-5-7-15-17(9-11)25-18-10-12(22)6-8-16(18)19(15)13-3-1-2-4-14(13)20(23)24/h1-2,5-10,13-14,21H,3-4H2,(H,23,24)/t13-,14+/m1/s1. The zero-order valence-corrected chi connectivity index (χ0v) is 13.3. The van der Waals surface area contributed by atoms with Crippen molar-refractivity contribution < 1.29 is 19.4 Å². The van der Waals surface area contributed by atoms with Gasteiger partial charge in [-0.3, -0.25) is 9.59 Å². The van der Waals surface area contributed by atoms with Crippen LogP contribution in [0.2, 0.25) is 0 Å². The first-order valence-electron chi connectivity index (χ1n) is 8.12. The second-order valence-corrected chi connectivity index (χ2v) is 6.35. The average Bonchev–Trinajstić information content (AvgIpc) is 2.59. The van der Waals surface area contributed by atoms with Crippen LogP contribution in [0.5, 0.6) is 5.75 Å². The van der Waals surface area contributed by atoms with E-state index in [9.17, 15) is 19.8 Å². The molecule has 3 aliphatic rings. The largest absolute Gasteiger partial charge is 0.508 e. The number of carboxylic acid groups (broad SMARTS) is 1. The second kappa shape index (κ2) is 5.77. The Morgan fingerprint density at radius 1 is 1.08 bits per heavy atom. The van der Waals surface area contributed by atoms with Gasteiger partial charge in [0, 0.05) is 29.0 Å². The molecule has 126 valence electrons. The molecule has 0 saturated carbocycles. The van der Waals surface area contributed by atoms with E-state index in [1.807, 2.05) is 12.2 Å². The fraction of sp³-hybridized carbons (Fsp3) is 0.200. The maximum atomic E-state index is 11.8. The molecule has 0 spiro atoms. The van der Waals surface area contributed by atoms with Crippen LogP contribution in [0, 0.1) is 5.92 Å². The number of carbonyl (C=O) groups is 1. The molecule has 0 bridgehead atoms. The number of phenols is 1. The fourth-order valence-corrected chi connectivity index (χ4v) is 3.70. The summed E-state index contributed by atoms with van der Waals surface area (Å²) < 4.78 is 5.81. The van der Waals surface area contributed by atoms with Crippen LogP contribution in [0.15, 0.2) is 57.8 Å². The minimum absolute atomic E-state index is 0.0538. The van der Waals surface area contributed by atoms with E-state index in [0.29, 0.717) is 24.2 Å². The highest BCUT2D eigenvalue weighted by molar-refractivity contribution is 5.90. The lowest BCUT2D eigenvalue weighted by Gasteiger charge is -2.29. The van der Waals surface area contributed by atoms with Crippen LogP contribution in [-0.2, 0) is 4.79 Å². The zero-order chi connectivity index (χ0) is 17.6. The van der Waals surface area contributed by atoms with Crippen LogP contribution in [-0.4, -0.2) is 16.2 Å². The summed E-state index contributed by atoms with van der Waals surface area (Å²) in [6.07, 6.45) is 4.96. The summed E-state index contributed by atoms with van der Waals surface area (Å²) >= 11 is 0. The van der Waals surface area contributed by atoms with E-state index in [-0.39, 0.29) is 17.1 Å². The summed E-state index contributed by atoms with van der Waals surface area (Å²) in [5, 5.41) is 20.2. The van der Waals surface area contributed by atoms with Crippen molar-refractivity contribution >= 4 is 16.9 Å². The van der Waals surface area contributed by atoms with Crippen molar-refractivity contribution in [3.05, 3.63) is 64.3 Å². The molecular formula is C20H16O5. The van der Waals surface area contributed by atoms with Gasteiger partial charge in [-0.15, -0.1) is 0 Å². The highest BCUT2D eigenvalue weighted by Crippen LogP contribution is 2.44. The van der Waals surface area contributed by atoms with Crippen molar-refractivity contribution in [2.75, 3.05) is 0 Å². The van der Waals surface area contributed by atoms with Crippen LogP contribution in [0.1, 0.15) is 24.3 Å². The Morgan fingerprint density at radius 3 is 2.68 bits per heavy atom. The SMILES string of the molecule is O=C(O)[C@H]1CC=CC[C@H]1c1c2ccc(=O)cc-2oc2cc(O)ccc12. The Morgan fingerprint density at radius 2 is 1.88 bits per heavy atom. The molecule has 0 unspecified atom stereocenters. The number of benzene rings is 2. The summed E-state index contributed by atoms with van der Waals surface area (Å²) in [4.78, 5) is 23.5. The van der Waals surface area contributed by atoms with E-state index in [1.54, 1.807) is 18.2 Å². The smallest absolute Gasteiger partial charge is 0.307 e. The predicted octanol–water partition coefficient (Wildman–Crippen LogP) is 3.74. The third-order valence-corrected chi connectivity index (χ3v) is 4.84. The number of aliphatic carboxylic acids is 1. The van der Waals surface area contributed by atoms with Crippen LogP contribution in [0.4, 0.5) is 0 Å². The Hall–Kier alpha value is -3.08. The lowest BCUT2D eigenvalue weighted by Crippen LogP contribution is -2.24. The normalized spacial score (nSPS) is 20.2. The first-order valence-corrected chi connectivity index (χ1v) is 8.12. The highest BCUT2D eigenvalue weighted by Gasteiger charge is 2.33. The van der Waals surface area contributed by atoms with Crippen molar-refractivity contribution in [1.82, 2.24) is 0 Å². The molecule has 5 heteroatoms. The Balaban J connectivity index is 2.07. The Labute approximate surface area is 143 Å². The molecule has 1 aliphatic heterocycles. The average molecular weight is 336 g/mol. The number of phenolic OH excluding ortho intramolecular Hbond substituents is 1. The highest BCUT2D eigenvalue weighted by atomic mass is 16.4. The molecule has 0 aromatic heterocycles. The first kappa shape index (κ1) is 15.4. The fourth-order valence-electron chi connectivity index (χ4n) is 3.70. The lowest BCUT2D eigenvalue weighted by molar-refractivity contribution is -0.142. The van der Waals surface area contributed by atoms with Crippen molar-refractivity contribution in [3.8, 4) is 17.1 Å². The molecule has 0 saturated heterocycles. The van der Waals surface area contributed by atoms with Crippen molar-refractivity contribution in [1.29, 1.82) is 0 Å². The number of carboxylic acids is 1. The molecule has 1 aromatic carbocycles. The third-order valence-electron chi connectivity index (χ3n) is 4.84. The van der Waals surface area contributed by atoms with Gasteiger partial charge in [-0.05, 0) is 42.7 Å². The number of aromatic hydroxyl groups is 1. The summed E-state index contributed by atoms with van der Waals surface area (Å²) in [6.45, 7) is 0. The molecule has 25 heavy (non-hydrogen) atoms. The number of hydrogen-bond acceptors (Lipinski definition) is 4. The summed E-state index contributed by atoms with van der Waals surface area (Å²) in [5.41, 5.74) is 1.85. The van der Waals surface area contributed by atoms with Crippen molar-refractivity contribution in [2.24, 2.45) is 5.92 Å². The van der Waals surface area contributed by atoms with Gasteiger partial charge in [0.05, 0.1) is 5.92 Å².